The zero-order valence-corrected chi connectivity index (χ0v) is 17.7. The monoisotopic (exact) mass is 457 g/mol. The average Bonchev–Trinajstić information content (AvgIpc) is 2.75. The molecular formula is C20H23N7O6-2. The molecule has 0 saturated carbocycles. The van der Waals surface area contributed by atoms with Crippen LogP contribution in [0.1, 0.15) is 23.2 Å². The Morgan fingerprint density at radius 1 is 1.27 bits per heavy atom. The Kier molecular flexibility index (Phi) is 7.00. The number of anilines is 4. The third kappa shape index (κ3) is 5.70. The number of rotatable bonds is 9. The summed E-state index contributed by atoms with van der Waals surface area (Å²) in [6.45, 7) is 0.984. The number of nitrogens with zero attached hydrogens (tertiary/aromatic N) is 2. The van der Waals surface area contributed by atoms with Gasteiger partial charge in [-0.2, -0.15) is 4.98 Å². The first-order valence-electron chi connectivity index (χ1n) is 10.1. The summed E-state index contributed by atoms with van der Waals surface area (Å²) >= 11 is 0. The number of nitrogens with two attached hydrogens (primary N) is 1. The molecule has 13 heteroatoms. The minimum atomic E-state index is -1.58. The first-order valence-corrected chi connectivity index (χ1v) is 10.1. The lowest BCUT2D eigenvalue weighted by Gasteiger charge is -2.35. The van der Waals surface area contributed by atoms with Crippen LogP contribution in [0.3, 0.4) is 0 Å². The summed E-state index contributed by atoms with van der Waals surface area (Å²) in [4.78, 5) is 54.5. The second-order valence-corrected chi connectivity index (χ2v) is 7.51. The Labute approximate surface area is 188 Å². The van der Waals surface area contributed by atoms with Crippen LogP contribution >= 0.6 is 0 Å². The Hall–Kier alpha value is -4.29. The lowest BCUT2D eigenvalue weighted by atomic mass is 10.1. The highest BCUT2D eigenvalue weighted by Gasteiger charge is 2.27. The number of amides is 1. The van der Waals surface area contributed by atoms with Crippen molar-refractivity contribution >= 4 is 41.0 Å². The summed E-state index contributed by atoms with van der Waals surface area (Å²) in [6.07, 6.45) is -0.862. The van der Waals surface area contributed by atoms with E-state index in [0.717, 1.165) is 0 Å². The molecule has 1 amide bonds. The number of carboxylic acids is 2. The van der Waals surface area contributed by atoms with Crippen LogP contribution in [0, 0.1) is 0 Å². The van der Waals surface area contributed by atoms with E-state index < -0.39 is 30.3 Å². The zero-order chi connectivity index (χ0) is 24.1. The van der Waals surface area contributed by atoms with Crippen molar-refractivity contribution in [3.8, 4) is 0 Å². The number of aromatic nitrogens is 2. The van der Waals surface area contributed by atoms with Crippen molar-refractivity contribution < 1.29 is 24.6 Å². The largest absolute Gasteiger partial charge is 0.550 e. The molecule has 0 fully saturated rings. The van der Waals surface area contributed by atoms with Crippen LogP contribution in [0.5, 0.6) is 0 Å². The van der Waals surface area contributed by atoms with E-state index in [4.69, 9.17) is 5.73 Å². The maximum Gasteiger partial charge on any atom is 0.278 e. The highest BCUT2D eigenvalue weighted by atomic mass is 16.4. The second kappa shape index (κ2) is 9.89. The van der Waals surface area contributed by atoms with E-state index in [1.54, 1.807) is 24.1 Å². The smallest absolute Gasteiger partial charge is 0.278 e. The van der Waals surface area contributed by atoms with Crippen molar-refractivity contribution in [1.29, 1.82) is 0 Å². The van der Waals surface area contributed by atoms with Gasteiger partial charge in [-0.15, -0.1) is 0 Å². The molecule has 1 aromatic heterocycles. The third-order valence-electron chi connectivity index (χ3n) is 5.23. The van der Waals surface area contributed by atoms with Gasteiger partial charge in [0.25, 0.3) is 11.5 Å². The molecule has 6 N–H and O–H groups in total. The molecule has 176 valence electrons. The standard InChI is InChI=1S/C20H25N7O6/c1-27-12(9-23-16-15(27)18(31)26-20(21)25-16)8-22-11-4-2-10(3-5-11)17(30)24-13(19(32)33)6-7-14(28)29/h2-5,12-13,22H,6-9H2,1H3,(H,24,30)(H,28,29)(H,32,33)(H4,21,23,25,26,31)/p-2/t12-,13?/m0/s1. The van der Waals surface area contributed by atoms with Gasteiger partial charge in [0.2, 0.25) is 5.95 Å². The van der Waals surface area contributed by atoms with Gasteiger partial charge in [0, 0.05) is 37.4 Å². The molecule has 0 bridgehead atoms. The van der Waals surface area contributed by atoms with E-state index in [9.17, 15) is 29.4 Å². The molecule has 1 unspecified atom stereocenters. The number of benzene rings is 1. The summed E-state index contributed by atoms with van der Waals surface area (Å²) in [6, 6.07) is 4.75. The number of nitrogen functional groups attached to an aromatic ring is 1. The Balaban J connectivity index is 1.58. The van der Waals surface area contributed by atoms with Gasteiger partial charge in [-0.05, 0) is 37.1 Å². The van der Waals surface area contributed by atoms with Gasteiger partial charge in [-0.3, -0.25) is 14.6 Å². The Morgan fingerprint density at radius 3 is 2.61 bits per heavy atom. The molecule has 3 rings (SSSR count). The number of carbonyl (C=O) groups is 3. The number of H-pyrrole nitrogens is 1. The molecule has 33 heavy (non-hydrogen) atoms. The molecule has 0 radical (unpaired) electrons. The van der Waals surface area contributed by atoms with Crippen LogP contribution in [0.25, 0.3) is 0 Å². The number of aliphatic carboxylic acids is 2. The van der Waals surface area contributed by atoms with Crippen LogP contribution in [0.4, 0.5) is 23.1 Å². The van der Waals surface area contributed by atoms with Crippen LogP contribution in [-0.4, -0.2) is 60.0 Å². The molecule has 0 spiro atoms. The van der Waals surface area contributed by atoms with E-state index in [1.807, 2.05) is 0 Å². The number of carbonyl (C=O) groups excluding carboxylic acids is 3. The zero-order valence-electron chi connectivity index (χ0n) is 17.7. The highest BCUT2D eigenvalue weighted by molar-refractivity contribution is 5.96. The summed E-state index contributed by atoms with van der Waals surface area (Å²) in [7, 11) is 1.78. The lowest BCUT2D eigenvalue weighted by Crippen LogP contribution is -2.48. The fraction of sp³-hybridized carbons (Fsp3) is 0.350. The van der Waals surface area contributed by atoms with Gasteiger partial charge < -0.3 is 46.4 Å². The molecule has 2 atom stereocenters. The summed E-state index contributed by atoms with van der Waals surface area (Å²) in [5, 5.41) is 30.2. The van der Waals surface area contributed by atoms with Crippen LogP contribution in [0.2, 0.25) is 0 Å². The summed E-state index contributed by atoms with van der Waals surface area (Å²) < 4.78 is 0. The van der Waals surface area contributed by atoms with E-state index >= 15 is 0 Å². The summed E-state index contributed by atoms with van der Waals surface area (Å²) in [5.41, 5.74) is 6.51. The fourth-order valence-corrected chi connectivity index (χ4v) is 3.41. The van der Waals surface area contributed by atoms with Gasteiger partial charge in [0.1, 0.15) is 5.69 Å². The minimum absolute atomic E-state index is 0.0326. The van der Waals surface area contributed by atoms with Crippen molar-refractivity contribution in [1.82, 2.24) is 15.3 Å². The van der Waals surface area contributed by atoms with Crippen molar-refractivity contribution in [2.75, 3.05) is 41.4 Å². The number of fused-ring (bicyclic) bond motifs is 1. The fourth-order valence-electron chi connectivity index (χ4n) is 3.41. The Bertz CT molecular complexity index is 1100. The van der Waals surface area contributed by atoms with E-state index in [2.05, 4.69) is 25.9 Å². The number of aromatic amines is 1. The molecule has 2 aromatic rings. The van der Waals surface area contributed by atoms with Crippen LogP contribution in [0.15, 0.2) is 29.1 Å². The first-order chi connectivity index (χ1) is 15.7. The number of hydrogen-bond acceptors (Lipinski definition) is 11. The van der Waals surface area contributed by atoms with Crippen molar-refractivity contribution in [3.05, 3.63) is 40.2 Å². The van der Waals surface area contributed by atoms with Gasteiger partial charge in [0.15, 0.2) is 5.82 Å². The Morgan fingerprint density at radius 2 is 1.97 bits per heavy atom. The van der Waals surface area contributed by atoms with E-state index in [1.165, 1.54) is 12.1 Å². The van der Waals surface area contributed by atoms with Gasteiger partial charge in [-0.1, -0.05) is 0 Å². The molecular weight excluding hydrogens is 434 g/mol. The van der Waals surface area contributed by atoms with Gasteiger partial charge >= 0.3 is 0 Å². The molecule has 1 aromatic carbocycles. The molecule has 13 nitrogen and oxygen atoms in total. The number of nitrogens with one attached hydrogen (secondary N) is 4. The van der Waals surface area contributed by atoms with Gasteiger partial charge in [-0.25, -0.2) is 0 Å². The molecule has 2 heterocycles. The normalized spacial score (nSPS) is 15.7. The van der Waals surface area contributed by atoms with Crippen LogP contribution in [-0.2, 0) is 9.59 Å². The molecule has 1 aliphatic heterocycles. The topological polar surface area (TPSA) is 208 Å². The van der Waals surface area contributed by atoms with Gasteiger partial charge in [0.05, 0.1) is 18.1 Å². The average molecular weight is 457 g/mol. The van der Waals surface area contributed by atoms with Crippen molar-refractivity contribution in [2.45, 2.75) is 24.9 Å². The minimum Gasteiger partial charge on any atom is -0.550 e. The quantitative estimate of drug-likeness (QED) is 0.257. The molecule has 0 aliphatic carbocycles. The van der Waals surface area contributed by atoms with E-state index in [-0.39, 0.29) is 29.5 Å². The molecule has 0 saturated heterocycles. The predicted molar refractivity (Wildman–Crippen MR) is 115 cm³/mol. The third-order valence-corrected chi connectivity index (χ3v) is 5.23. The maximum absolute atomic E-state index is 12.3. The number of likely N-dealkylation sites (N-methyl/N-ethyl adjacent to an activating group) is 1. The number of hydrogen-bond donors (Lipinski definition) is 5. The van der Waals surface area contributed by atoms with Crippen molar-refractivity contribution in [2.24, 2.45) is 0 Å². The lowest BCUT2D eigenvalue weighted by molar-refractivity contribution is -0.309. The predicted octanol–water partition coefficient (Wildman–Crippen LogP) is -2.93. The van der Waals surface area contributed by atoms with E-state index in [0.29, 0.717) is 30.3 Å². The SMILES string of the molecule is CN1c2c(nc(N)[nH]c2=O)NC[C@@H]1CNc1ccc(C(=O)NC(CCC(=O)[O-])C(=O)[O-])cc1. The molecule has 1 aliphatic rings. The highest BCUT2D eigenvalue weighted by Crippen LogP contribution is 2.25. The second-order valence-electron chi connectivity index (χ2n) is 7.51. The number of carboxylic acid groups (broad SMARTS) is 2. The first kappa shape index (κ1) is 23.4. The maximum atomic E-state index is 12.3. The summed E-state index contributed by atoms with van der Waals surface area (Å²) in [5.74, 6) is -3.22. The van der Waals surface area contributed by atoms with Crippen LogP contribution < -0.4 is 42.4 Å². The van der Waals surface area contributed by atoms with Crippen molar-refractivity contribution in [3.63, 3.8) is 0 Å².